The lowest BCUT2D eigenvalue weighted by molar-refractivity contribution is -0.122. The summed E-state index contributed by atoms with van der Waals surface area (Å²) < 4.78 is 13.7. The molecule has 3 N–H and O–H groups in total. The third kappa shape index (κ3) is 3.22. The van der Waals surface area contributed by atoms with Crippen molar-refractivity contribution >= 4 is 11.6 Å². The molecule has 2 rings (SSSR count). The second kappa shape index (κ2) is 5.70. The largest absolute Gasteiger partial charge is 0.380 e. The van der Waals surface area contributed by atoms with Crippen molar-refractivity contribution in [3.63, 3.8) is 0 Å². The number of primary amides is 1. The zero-order valence-corrected chi connectivity index (χ0v) is 10.5. The van der Waals surface area contributed by atoms with Gasteiger partial charge in [0, 0.05) is 12.0 Å². The molecule has 4 nitrogen and oxygen atoms in total. The molecule has 1 fully saturated rings. The van der Waals surface area contributed by atoms with Gasteiger partial charge >= 0.3 is 0 Å². The van der Waals surface area contributed by atoms with E-state index in [0.717, 1.165) is 25.7 Å². The van der Waals surface area contributed by atoms with Crippen LogP contribution in [0.3, 0.4) is 0 Å². The van der Waals surface area contributed by atoms with Crippen LogP contribution >= 0.6 is 0 Å². The maximum Gasteiger partial charge on any atom is 0.220 e. The molecule has 0 heterocycles. The number of carbonyl (C=O) groups excluding carboxylic acids is 1. The highest BCUT2D eigenvalue weighted by molar-refractivity contribution is 5.76. The van der Waals surface area contributed by atoms with Crippen molar-refractivity contribution in [3.8, 4) is 6.07 Å². The molecule has 1 saturated carbocycles. The van der Waals surface area contributed by atoms with Crippen LogP contribution in [-0.2, 0) is 4.79 Å². The van der Waals surface area contributed by atoms with Crippen LogP contribution in [0.5, 0.6) is 0 Å². The van der Waals surface area contributed by atoms with Gasteiger partial charge < -0.3 is 11.1 Å². The molecule has 5 heteroatoms. The fourth-order valence-electron chi connectivity index (χ4n) is 2.44. The number of rotatable bonds is 3. The number of amides is 1. The van der Waals surface area contributed by atoms with Crippen LogP contribution in [0.25, 0.3) is 0 Å². The van der Waals surface area contributed by atoms with Crippen LogP contribution in [0, 0.1) is 23.1 Å². The summed E-state index contributed by atoms with van der Waals surface area (Å²) in [7, 11) is 0. The second-order valence-corrected chi connectivity index (χ2v) is 4.90. The van der Waals surface area contributed by atoms with Gasteiger partial charge in [0.15, 0.2) is 0 Å². The number of hydrogen-bond acceptors (Lipinski definition) is 3. The Bertz CT molecular complexity index is 516. The molecular weight excluding hydrogens is 245 g/mol. The van der Waals surface area contributed by atoms with Gasteiger partial charge in [-0.05, 0) is 43.9 Å². The monoisotopic (exact) mass is 261 g/mol. The minimum absolute atomic E-state index is 0.0520. The highest BCUT2D eigenvalue weighted by Crippen LogP contribution is 2.27. The molecule has 0 aliphatic heterocycles. The number of hydrogen-bond donors (Lipinski definition) is 2. The topological polar surface area (TPSA) is 78.9 Å². The van der Waals surface area contributed by atoms with Crippen LogP contribution in [-0.4, -0.2) is 11.9 Å². The van der Waals surface area contributed by atoms with Crippen LogP contribution in [0.1, 0.15) is 31.2 Å². The zero-order chi connectivity index (χ0) is 13.8. The predicted molar refractivity (Wildman–Crippen MR) is 69.7 cm³/mol. The highest BCUT2D eigenvalue weighted by Gasteiger charge is 2.24. The van der Waals surface area contributed by atoms with Crippen molar-refractivity contribution < 1.29 is 9.18 Å². The van der Waals surface area contributed by atoms with E-state index in [1.165, 1.54) is 6.07 Å². The zero-order valence-electron chi connectivity index (χ0n) is 10.5. The Morgan fingerprint density at radius 3 is 2.58 bits per heavy atom. The van der Waals surface area contributed by atoms with Gasteiger partial charge in [-0.1, -0.05) is 0 Å². The molecule has 19 heavy (non-hydrogen) atoms. The molecule has 0 unspecified atom stereocenters. The molecule has 0 atom stereocenters. The minimum atomic E-state index is -0.420. The van der Waals surface area contributed by atoms with Gasteiger partial charge in [-0.3, -0.25) is 4.79 Å². The molecule has 0 aromatic heterocycles. The van der Waals surface area contributed by atoms with Crippen molar-refractivity contribution in [1.29, 1.82) is 5.26 Å². The summed E-state index contributed by atoms with van der Waals surface area (Å²) in [5, 5.41) is 11.8. The number of nitriles is 1. The molecule has 0 bridgehead atoms. The molecule has 0 spiro atoms. The summed E-state index contributed by atoms with van der Waals surface area (Å²) in [6.07, 6.45) is 3.08. The maximum atomic E-state index is 13.7. The number of halogens is 1. The second-order valence-electron chi connectivity index (χ2n) is 4.90. The Labute approximate surface area is 111 Å². The number of nitrogens with zero attached hydrogens (tertiary/aromatic N) is 1. The highest BCUT2D eigenvalue weighted by atomic mass is 19.1. The summed E-state index contributed by atoms with van der Waals surface area (Å²) in [4.78, 5) is 11.1. The molecule has 1 amide bonds. The molecule has 100 valence electrons. The third-order valence-corrected chi connectivity index (χ3v) is 3.59. The van der Waals surface area contributed by atoms with Crippen LogP contribution < -0.4 is 11.1 Å². The number of anilines is 1. The van der Waals surface area contributed by atoms with Crippen molar-refractivity contribution in [3.05, 3.63) is 29.6 Å². The van der Waals surface area contributed by atoms with Gasteiger partial charge in [-0.15, -0.1) is 0 Å². The van der Waals surface area contributed by atoms with Crippen LogP contribution in [0.4, 0.5) is 10.1 Å². The lowest BCUT2D eigenvalue weighted by Crippen LogP contribution is -2.32. The normalized spacial score (nSPS) is 22.5. The quantitative estimate of drug-likeness (QED) is 0.875. The first-order chi connectivity index (χ1) is 9.10. The Hall–Kier alpha value is -2.09. The summed E-state index contributed by atoms with van der Waals surface area (Å²) in [6, 6.07) is 6.43. The van der Waals surface area contributed by atoms with Gasteiger partial charge in [0.2, 0.25) is 5.91 Å². The molecule has 0 radical (unpaired) electrons. The van der Waals surface area contributed by atoms with E-state index in [2.05, 4.69) is 5.32 Å². The van der Waals surface area contributed by atoms with E-state index in [1.54, 1.807) is 12.1 Å². The standard InChI is InChI=1S/C14H16FN3O/c15-12-7-9(8-16)1-6-13(12)18-11-4-2-10(3-5-11)14(17)19/h1,6-7,10-11,18H,2-5H2,(H2,17,19). The SMILES string of the molecule is N#Cc1ccc(NC2CCC(C(N)=O)CC2)c(F)c1. The Balaban J connectivity index is 1.96. The van der Waals surface area contributed by atoms with E-state index in [0.29, 0.717) is 11.3 Å². The first-order valence-corrected chi connectivity index (χ1v) is 6.35. The van der Waals surface area contributed by atoms with Gasteiger partial charge in [-0.25, -0.2) is 4.39 Å². The van der Waals surface area contributed by atoms with E-state index < -0.39 is 5.82 Å². The lowest BCUT2D eigenvalue weighted by atomic mass is 9.85. The average Bonchev–Trinajstić information content (AvgIpc) is 2.41. The smallest absolute Gasteiger partial charge is 0.220 e. The number of carbonyl (C=O) groups is 1. The van der Waals surface area contributed by atoms with Gasteiger partial charge in [0.25, 0.3) is 0 Å². The van der Waals surface area contributed by atoms with Gasteiger partial charge in [0.1, 0.15) is 5.82 Å². The van der Waals surface area contributed by atoms with Crippen molar-refractivity contribution in [2.75, 3.05) is 5.32 Å². The van der Waals surface area contributed by atoms with Gasteiger partial charge in [-0.2, -0.15) is 5.26 Å². The Morgan fingerprint density at radius 1 is 1.37 bits per heavy atom. The van der Waals surface area contributed by atoms with Crippen molar-refractivity contribution in [2.45, 2.75) is 31.7 Å². The van der Waals surface area contributed by atoms with Crippen LogP contribution in [0.2, 0.25) is 0 Å². The molecule has 1 aromatic carbocycles. The Morgan fingerprint density at radius 2 is 2.05 bits per heavy atom. The maximum absolute atomic E-state index is 13.7. The molecule has 0 saturated heterocycles. The van der Waals surface area contributed by atoms with E-state index in [1.807, 2.05) is 6.07 Å². The fourth-order valence-corrected chi connectivity index (χ4v) is 2.44. The fraction of sp³-hybridized carbons (Fsp3) is 0.429. The average molecular weight is 261 g/mol. The van der Waals surface area contributed by atoms with E-state index in [-0.39, 0.29) is 17.9 Å². The number of benzene rings is 1. The van der Waals surface area contributed by atoms with Crippen LogP contribution in [0.15, 0.2) is 18.2 Å². The summed E-state index contributed by atoms with van der Waals surface area (Å²) >= 11 is 0. The molecule has 1 aliphatic carbocycles. The molecule has 1 aromatic rings. The Kier molecular flexibility index (Phi) is 4.00. The third-order valence-electron chi connectivity index (χ3n) is 3.59. The molecule has 1 aliphatic rings. The summed E-state index contributed by atoms with van der Waals surface area (Å²) in [5.74, 6) is -0.719. The molecular formula is C14H16FN3O. The first-order valence-electron chi connectivity index (χ1n) is 6.35. The number of nitrogens with one attached hydrogen (secondary N) is 1. The van der Waals surface area contributed by atoms with Gasteiger partial charge in [0.05, 0.1) is 17.3 Å². The van der Waals surface area contributed by atoms with Crippen molar-refractivity contribution in [1.82, 2.24) is 0 Å². The first kappa shape index (κ1) is 13.3. The van der Waals surface area contributed by atoms with Crippen molar-refractivity contribution in [2.24, 2.45) is 11.7 Å². The minimum Gasteiger partial charge on any atom is -0.380 e. The van der Waals surface area contributed by atoms with E-state index in [9.17, 15) is 9.18 Å². The van der Waals surface area contributed by atoms with E-state index in [4.69, 9.17) is 11.0 Å². The lowest BCUT2D eigenvalue weighted by Gasteiger charge is -2.28. The predicted octanol–water partition coefficient (Wildman–Crippen LogP) is 2.15. The summed E-state index contributed by atoms with van der Waals surface area (Å²) in [6.45, 7) is 0. The number of nitrogens with two attached hydrogens (primary N) is 1. The summed E-state index contributed by atoms with van der Waals surface area (Å²) in [5.41, 5.74) is 5.98. The van der Waals surface area contributed by atoms with E-state index >= 15 is 0 Å².